The largest absolute Gasteiger partial charge is 0.339 e. The van der Waals surface area contributed by atoms with E-state index in [0.717, 1.165) is 6.42 Å². The molecule has 0 radical (unpaired) electrons. The van der Waals surface area contributed by atoms with Crippen LogP contribution in [0.2, 0.25) is 0 Å². The summed E-state index contributed by atoms with van der Waals surface area (Å²) >= 11 is 0. The predicted molar refractivity (Wildman–Crippen MR) is 76.0 cm³/mol. The molecule has 1 aliphatic rings. The van der Waals surface area contributed by atoms with E-state index in [1.54, 1.807) is 0 Å². The van der Waals surface area contributed by atoms with Crippen molar-refractivity contribution in [3.8, 4) is 0 Å². The van der Waals surface area contributed by atoms with Gasteiger partial charge in [-0.2, -0.15) is 4.98 Å². The fraction of sp³-hybridized carbons (Fsp3) is 0.846. The summed E-state index contributed by atoms with van der Waals surface area (Å²) in [5.74, 6) is 2.25. The number of nitrogens with zero attached hydrogens (tertiary/aromatic N) is 2. The standard InChI is InChI=1S/C13H23N3O3S/c1-9(2)5-10(7-14)6-12-15-13(16-19-12)11-3-4-20(17,18)8-11/h9-11H,3-8,14H2,1-2H3/t10-,11?/m0/s1. The number of hydrogen-bond donors (Lipinski definition) is 1. The first-order chi connectivity index (χ1) is 9.39. The third-order valence-electron chi connectivity index (χ3n) is 3.68. The summed E-state index contributed by atoms with van der Waals surface area (Å²) in [7, 11) is -2.92. The molecule has 2 rings (SSSR count). The normalized spacial score (nSPS) is 23.3. The molecule has 1 unspecified atom stereocenters. The summed E-state index contributed by atoms with van der Waals surface area (Å²) in [5.41, 5.74) is 5.76. The van der Waals surface area contributed by atoms with Gasteiger partial charge in [0.1, 0.15) is 0 Å². The second kappa shape index (κ2) is 6.22. The molecule has 2 heterocycles. The number of nitrogens with two attached hydrogens (primary N) is 1. The van der Waals surface area contributed by atoms with Crippen molar-refractivity contribution >= 4 is 9.84 Å². The summed E-state index contributed by atoms with van der Waals surface area (Å²) in [6, 6.07) is 0. The van der Waals surface area contributed by atoms with Gasteiger partial charge in [-0.15, -0.1) is 0 Å². The van der Waals surface area contributed by atoms with Crippen molar-refractivity contribution in [1.82, 2.24) is 10.1 Å². The van der Waals surface area contributed by atoms with E-state index in [1.165, 1.54) is 0 Å². The summed E-state index contributed by atoms with van der Waals surface area (Å²) in [5, 5.41) is 3.94. The maximum absolute atomic E-state index is 11.5. The lowest BCUT2D eigenvalue weighted by Gasteiger charge is -2.14. The van der Waals surface area contributed by atoms with Crippen LogP contribution in [0.3, 0.4) is 0 Å². The second-order valence-electron chi connectivity index (χ2n) is 6.08. The Morgan fingerprint density at radius 3 is 2.75 bits per heavy atom. The molecule has 1 aromatic heterocycles. The molecule has 20 heavy (non-hydrogen) atoms. The third kappa shape index (κ3) is 4.02. The molecule has 0 saturated carbocycles. The van der Waals surface area contributed by atoms with Crippen LogP contribution in [0.4, 0.5) is 0 Å². The van der Waals surface area contributed by atoms with Gasteiger partial charge < -0.3 is 10.3 Å². The van der Waals surface area contributed by atoms with E-state index in [0.29, 0.717) is 42.9 Å². The average Bonchev–Trinajstić information content (AvgIpc) is 2.94. The molecule has 0 aliphatic carbocycles. The molecule has 6 nitrogen and oxygen atoms in total. The maximum Gasteiger partial charge on any atom is 0.226 e. The highest BCUT2D eigenvalue weighted by Crippen LogP contribution is 2.27. The highest BCUT2D eigenvalue weighted by atomic mass is 32.2. The van der Waals surface area contributed by atoms with Crippen molar-refractivity contribution in [2.45, 2.75) is 39.0 Å². The molecule has 2 atom stereocenters. The van der Waals surface area contributed by atoms with Crippen molar-refractivity contribution < 1.29 is 12.9 Å². The van der Waals surface area contributed by atoms with Crippen molar-refractivity contribution in [3.63, 3.8) is 0 Å². The van der Waals surface area contributed by atoms with Crippen LogP contribution >= 0.6 is 0 Å². The van der Waals surface area contributed by atoms with Gasteiger partial charge in [-0.05, 0) is 31.2 Å². The Labute approximate surface area is 120 Å². The lowest BCUT2D eigenvalue weighted by molar-refractivity contribution is 0.328. The fourth-order valence-corrected chi connectivity index (χ4v) is 4.43. The summed E-state index contributed by atoms with van der Waals surface area (Å²) < 4.78 is 28.2. The van der Waals surface area contributed by atoms with Gasteiger partial charge in [0.25, 0.3) is 0 Å². The molecule has 1 aliphatic heterocycles. The van der Waals surface area contributed by atoms with Crippen molar-refractivity contribution in [1.29, 1.82) is 0 Å². The molecule has 0 amide bonds. The van der Waals surface area contributed by atoms with Gasteiger partial charge in [-0.25, -0.2) is 8.42 Å². The monoisotopic (exact) mass is 301 g/mol. The van der Waals surface area contributed by atoms with Crippen LogP contribution in [0, 0.1) is 11.8 Å². The van der Waals surface area contributed by atoms with Gasteiger partial charge in [0.15, 0.2) is 15.7 Å². The molecule has 1 aromatic rings. The minimum absolute atomic E-state index is 0.112. The smallest absolute Gasteiger partial charge is 0.226 e. The zero-order chi connectivity index (χ0) is 14.8. The Bertz CT molecular complexity index is 539. The SMILES string of the molecule is CC(C)C[C@H](CN)Cc1nc(C2CCS(=O)(=O)C2)no1. The summed E-state index contributed by atoms with van der Waals surface area (Å²) in [6.07, 6.45) is 2.28. The topological polar surface area (TPSA) is 99.1 Å². The fourth-order valence-electron chi connectivity index (χ4n) is 2.69. The Kier molecular flexibility index (Phi) is 4.80. The minimum atomic E-state index is -2.92. The second-order valence-corrected chi connectivity index (χ2v) is 8.31. The van der Waals surface area contributed by atoms with Gasteiger partial charge in [0, 0.05) is 12.3 Å². The highest BCUT2D eigenvalue weighted by molar-refractivity contribution is 7.91. The minimum Gasteiger partial charge on any atom is -0.339 e. The number of sulfone groups is 1. The molecule has 7 heteroatoms. The number of hydrogen-bond acceptors (Lipinski definition) is 6. The molecule has 1 fully saturated rings. The lowest BCUT2D eigenvalue weighted by Crippen LogP contribution is -2.19. The van der Waals surface area contributed by atoms with E-state index in [9.17, 15) is 8.42 Å². The molecular weight excluding hydrogens is 278 g/mol. The first-order valence-corrected chi connectivity index (χ1v) is 8.94. The Hall–Kier alpha value is -0.950. The van der Waals surface area contributed by atoms with Crippen LogP contribution in [0.5, 0.6) is 0 Å². The lowest BCUT2D eigenvalue weighted by atomic mass is 9.94. The van der Waals surface area contributed by atoms with Crippen molar-refractivity contribution in [2.24, 2.45) is 17.6 Å². The van der Waals surface area contributed by atoms with E-state index < -0.39 is 9.84 Å². The number of aromatic nitrogens is 2. The van der Waals surface area contributed by atoms with Gasteiger partial charge in [-0.3, -0.25) is 0 Å². The molecule has 0 bridgehead atoms. The molecule has 0 aromatic carbocycles. The van der Waals surface area contributed by atoms with E-state index >= 15 is 0 Å². The third-order valence-corrected chi connectivity index (χ3v) is 5.45. The van der Waals surface area contributed by atoms with Crippen LogP contribution < -0.4 is 5.73 Å². The Morgan fingerprint density at radius 2 is 2.20 bits per heavy atom. The van der Waals surface area contributed by atoms with E-state index in [-0.39, 0.29) is 17.4 Å². The maximum atomic E-state index is 11.5. The average molecular weight is 301 g/mol. The van der Waals surface area contributed by atoms with Crippen molar-refractivity contribution in [2.75, 3.05) is 18.1 Å². The molecule has 2 N–H and O–H groups in total. The summed E-state index contributed by atoms with van der Waals surface area (Å²) in [6.45, 7) is 4.91. The number of rotatable bonds is 6. The van der Waals surface area contributed by atoms with E-state index in [1.807, 2.05) is 0 Å². The van der Waals surface area contributed by atoms with Gasteiger partial charge in [0.05, 0.1) is 11.5 Å². The van der Waals surface area contributed by atoms with Crippen LogP contribution in [0.25, 0.3) is 0 Å². The first-order valence-electron chi connectivity index (χ1n) is 7.12. The summed E-state index contributed by atoms with van der Waals surface area (Å²) in [4.78, 5) is 4.36. The predicted octanol–water partition coefficient (Wildman–Crippen LogP) is 1.14. The van der Waals surface area contributed by atoms with Crippen LogP contribution in [-0.2, 0) is 16.3 Å². The zero-order valence-electron chi connectivity index (χ0n) is 12.1. The quantitative estimate of drug-likeness (QED) is 0.845. The van der Waals surface area contributed by atoms with E-state index in [2.05, 4.69) is 24.0 Å². The Balaban J connectivity index is 1.98. The van der Waals surface area contributed by atoms with Crippen LogP contribution in [0.15, 0.2) is 4.52 Å². The van der Waals surface area contributed by atoms with Crippen LogP contribution in [0.1, 0.15) is 44.3 Å². The van der Waals surface area contributed by atoms with E-state index in [4.69, 9.17) is 10.3 Å². The zero-order valence-corrected chi connectivity index (χ0v) is 12.9. The molecule has 1 saturated heterocycles. The highest BCUT2D eigenvalue weighted by Gasteiger charge is 2.32. The van der Waals surface area contributed by atoms with Crippen molar-refractivity contribution in [3.05, 3.63) is 11.7 Å². The van der Waals surface area contributed by atoms with Gasteiger partial charge in [0.2, 0.25) is 5.89 Å². The molecule has 0 spiro atoms. The Morgan fingerprint density at radius 1 is 1.45 bits per heavy atom. The molecule has 114 valence electrons. The van der Waals surface area contributed by atoms with Gasteiger partial charge in [-0.1, -0.05) is 19.0 Å². The molecular formula is C13H23N3O3S. The van der Waals surface area contributed by atoms with Crippen LogP contribution in [-0.4, -0.2) is 36.6 Å². The van der Waals surface area contributed by atoms with Gasteiger partial charge >= 0.3 is 0 Å². The first kappa shape index (κ1) is 15.4.